The molecular weight excluding hydrogens is 296 g/mol. The van der Waals surface area contributed by atoms with E-state index in [0.717, 1.165) is 5.56 Å². The van der Waals surface area contributed by atoms with Crippen LogP contribution in [0.15, 0.2) is 41.4 Å². The Morgan fingerprint density at radius 2 is 2.05 bits per heavy atom. The summed E-state index contributed by atoms with van der Waals surface area (Å²) in [5.74, 6) is -0.168. The van der Waals surface area contributed by atoms with E-state index in [-0.39, 0.29) is 17.3 Å². The number of sulfonamides is 1. The van der Waals surface area contributed by atoms with Crippen LogP contribution in [0, 0.1) is 0 Å². The highest BCUT2D eigenvalue weighted by molar-refractivity contribution is 7.89. The van der Waals surface area contributed by atoms with Crippen LogP contribution < -0.4 is 10.5 Å². The highest BCUT2D eigenvalue weighted by Crippen LogP contribution is 2.17. The van der Waals surface area contributed by atoms with Gasteiger partial charge in [0.2, 0.25) is 10.0 Å². The van der Waals surface area contributed by atoms with Crippen LogP contribution in [-0.4, -0.2) is 24.3 Å². The summed E-state index contributed by atoms with van der Waals surface area (Å²) < 4.78 is 28.9. The van der Waals surface area contributed by atoms with Crippen LogP contribution in [0.25, 0.3) is 0 Å². The molecule has 0 aliphatic heterocycles. The maximum atomic E-state index is 11.7. The minimum Gasteiger partial charge on any atom is -0.444 e. The van der Waals surface area contributed by atoms with E-state index < -0.39 is 16.1 Å². The van der Waals surface area contributed by atoms with Gasteiger partial charge in [-0.15, -0.1) is 0 Å². The number of carbonyl (C=O) groups is 1. The zero-order valence-corrected chi connectivity index (χ0v) is 12.0. The number of anilines is 1. The molecule has 1 amide bonds. The van der Waals surface area contributed by atoms with E-state index in [4.69, 9.17) is 9.88 Å². The number of primary sulfonamides is 1. The number of aromatic nitrogens is 2. The fourth-order valence-corrected chi connectivity index (χ4v) is 2.28. The molecule has 2 rings (SSSR count). The molecule has 3 N–H and O–H groups in total. The smallest absolute Gasteiger partial charge is 0.413 e. The fraction of sp³-hybridized carbons (Fsp3) is 0.167. The largest absolute Gasteiger partial charge is 0.444 e. The van der Waals surface area contributed by atoms with Crippen LogP contribution in [0.5, 0.6) is 0 Å². The maximum absolute atomic E-state index is 11.7. The van der Waals surface area contributed by atoms with Crippen molar-refractivity contribution in [1.29, 1.82) is 0 Å². The van der Waals surface area contributed by atoms with E-state index in [1.165, 1.54) is 17.9 Å². The summed E-state index contributed by atoms with van der Waals surface area (Å²) in [5.41, 5.74) is 0.806. The Bertz CT molecular complexity index is 740. The number of nitrogens with two attached hydrogens (primary N) is 1. The molecule has 8 nitrogen and oxygen atoms in total. The summed E-state index contributed by atoms with van der Waals surface area (Å²) in [6.45, 7) is 0.0597. The molecule has 0 spiro atoms. The molecule has 0 saturated heterocycles. The molecular formula is C12H14N4O4S. The summed E-state index contributed by atoms with van der Waals surface area (Å²) in [7, 11) is -2.47. The highest BCUT2D eigenvalue weighted by Gasteiger charge is 2.20. The number of amides is 1. The van der Waals surface area contributed by atoms with Gasteiger partial charge < -0.3 is 4.74 Å². The SMILES string of the molecule is Cn1cc(S(N)(=O)=O)c(NC(=O)OCc2ccccc2)n1. The third-order valence-corrected chi connectivity index (χ3v) is 3.45. The van der Waals surface area contributed by atoms with E-state index in [1.807, 2.05) is 18.2 Å². The van der Waals surface area contributed by atoms with Crippen LogP contribution >= 0.6 is 0 Å². The van der Waals surface area contributed by atoms with Crippen molar-refractivity contribution in [2.24, 2.45) is 12.2 Å². The Labute approximate surface area is 121 Å². The van der Waals surface area contributed by atoms with Crippen molar-refractivity contribution >= 4 is 21.9 Å². The van der Waals surface area contributed by atoms with Gasteiger partial charge in [0.1, 0.15) is 11.5 Å². The first-order chi connectivity index (χ1) is 9.86. The highest BCUT2D eigenvalue weighted by atomic mass is 32.2. The third kappa shape index (κ3) is 4.04. The lowest BCUT2D eigenvalue weighted by Gasteiger charge is -2.06. The number of rotatable bonds is 4. The summed E-state index contributed by atoms with van der Waals surface area (Å²) in [4.78, 5) is 11.4. The summed E-state index contributed by atoms with van der Waals surface area (Å²) >= 11 is 0. The summed E-state index contributed by atoms with van der Waals surface area (Å²) in [6.07, 6.45) is 0.379. The first-order valence-corrected chi connectivity index (χ1v) is 7.45. The fourth-order valence-electron chi connectivity index (χ4n) is 1.62. The molecule has 0 fully saturated rings. The number of hydrogen-bond donors (Lipinski definition) is 2. The summed E-state index contributed by atoms with van der Waals surface area (Å²) in [5, 5.41) is 11.1. The predicted octanol–water partition coefficient (Wildman–Crippen LogP) is 0.816. The van der Waals surface area contributed by atoms with Crippen molar-refractivity contribution in [2.45, 2.75) is 11.5 Å². The molecule has 21 heavy (non-hydrogen) atoms. The average Bonchev–Trinajstić information content (AvgIpc) is 2.78. The van der Waals surface area contributed by atoms with Gasteiger partial charge in [-0.05, 0) is 5.56 Å². The number of nitrogens with one attached hydrogen (secondary N) is 1. The Kier molecular flexibility index (Phi) is 4.24. The topological polar surface area (TPSA) is 116 Å². The zero-order chi connectivity index (χ0) is 15.5. The average molecular weight is 310 g/mol. The van der Waals surface area contributed by atoms with Crippen LogP contribution in [0.2, 0.25) is 0 Å². The molecule has 0 atom stereocenters. The molecule has 2 aromatic rings. The first-order valence-electron chi connectivity index (χ1n) is 5.90. The monoisotopic (exact) mass is 310 g/mol. The second kappa shape index (κ2) is 5.94. The molecule has 0 aliphatic rings. The molecule has 0 aliphatic carbocycles. The number of nitrogens with zero attached hydrogens (tertiary/aromatic N) is 2. The maximum Gasteiger partial charge on any atom is 0.413 e. The van der Waals surface area contributed by atoms with Crippen molar-refractivity contribution in [3.05, 3.63) is 42.1 Å². The van der Waals surface area contributed by atoms with Gasteiger partial charge in [0, 0.05) is 13.2 Å². The lowest BCUT2D eigenvalue weighted by Crippen LogP contribution is -2.18. The molecule has 0 unspecified atom stereocenters. The van der Waals surface area contributed by atoms with Crippen molar-refractivity contribution in [2.75, 3.05) is 5.32 Å². The molecule has 1 heterocycles. The van der Waals surface area contributed by atoms with E-state index >= 15 is 0 Å². The normalized spacial score (nSPS) is 11.1. The predicted molar refractivity (Wildman–Crippen MR) is 74.8 cm³/mol. The second-order valence-electron chi connectivity index (χ2n) is 4.25. The van der Waals surface area contributed by atoms with E-state index in [0.29, 0.717) is 0 Å². The van der Waals surface area contributed by atoms with Gasteiger partial charge in [-0.2, -0.15) is 5.10 Å². The minimum absolute atomic E-state index is 0.0597. The first kappa shape index (κ1) is 15.0. The van der Waals surface area contributed by atoms with Crippen molar-refractivity contribution in [3.8, 4) is 0 Å². The lowest BCUT2D eigenvalue weighted by molar-refractivity contribution is 0.155. The van der Waals surface area contributed by atoms with Gasteiger partial charge >= 0.3 is 6.09 Å². The Hall–Kier alpha value is -2.39. The molecule has 0 saturated carbocycles. The van der Waals surface area contributed by atoms with E-state index in [2.05, 4.69) is 10.4 Å². The van der Waals surface area contributed by atoms with Crippen molar-refractivity contribution in [1.82, 2.24) is 9.78 Å². The number of carbonyl (C=O) groups excluding carboxylic acids is 1. The van der Waals surface area contributed by atoms with Gasteiger partial charge in [-0.1, -0.05) is 30.3 Å². The standard InChI is InChI=1S/C12H14N4O4S/c1-16-7-10(21(13,18)19)11(15-16)14-12(17)20-8-9-5-3-2-4-6-9/h2-7H,8H2,1H3,(H2,13,18,19)(H,14,15,17). The van der Waals surface area contributed by atoms with Crippen LogP contribution in [0.4, 0.5) is 10.6 Å². The molecule has 1 aromatic carbocycles. The minimum atomic E-state index is -3.98. The Morgan fingerprint density at radius 3 is 2.67 bits per heavy atom. The number of ether oxygens (including phenoxy) is 1. The molecule has 1 aromatic heterocycles. The van der Waals surface area contributed by atoms with Crippen LogP contribution in [0.3, 0.4) is 0 Å². The number of aryl methyl sites for hydroxylation is 1. The Balaban J connectivity index is 2.04. The second-order valence-corrected chi connectivity index (χ2v) is 5.78. The third-order valence-electron chi connectivity index (χ3n) is 2.53. The zero-order valence-electron chi connectivity index (χ0n) is 11.2. The van der Waals surface area contributed by atoms with Gasteiger partial charge in [-0.25, -0.2) is 18.4 Å². The molecule has 112 valence electrons. The molecule has 9 heteroatoms. The molecule has 0 bridgehead atoms. The summed E-state index contributed by atoms with van der Waals surface area (Å²) in [6, 6.07) is 9.06. The molecule has 0 radical (unpaired) electrons. The van der Waals surface area contributed by atoms with Crippen molar-refractivity contribution in [3.63, 3.8) is 0 Å². The number of hydrogen-bond acceptors (Lipinski definition) is 5. The Morgan fingerprint density at radius 1 is 1.38 bits per heavy atom. The lowest BCUT2D eigenvalue weighted by atomic mass is 10.2. The quantitative estimate of drug-likeness (QED) is 0.867. The van der Waals surface area contributed by atoms with Gasteiger partial charge in [0.05, 0.1) is 0 Å². The van der Waals surface area contributed by atoms with Gasteiger partial charge in [-0.3, -0.25) is 10.00 Å². The van der Waals surface area contributed by atoms with Gasteiger partial charge in [0.25, 0.3) is 0 Å². The van der Waals surface area contributed by atoms with Crippen LogP contribution in [-0.2, 0) is 28.4 Å². The van der Waals surface area contributed by atoms with Gasteiger partial charge in [0.15, 0.2) is 5.82 Å². The van der Waals surface area contributed by atoms with Crippen molar-refractivity contribution < 1.29 is 17.9 Å². The van der Waals surface area contributed by atoms with E-state index in [9.17, 15) is 13.2 Å². The van der Waals surface area contributed by atoms with Crippen LogP contribution in [0.1, 0.15) is 5.56 Å². The number of benzene rings is 1. The van der Waals surface area contributed by atoms with E-state index in [1.54, 1.807) is 12.1 Å².